The fraction of sp³-hybridized carbons (Fsp3) is 0.263. The summed E-state index contributed by atoms with van der Waals surface area (Å²) in [5.41, 5.74) is 3.29. The Morgan fingerprint density at radius 3 is 2.84 bits per heavy atom. The molecule has 1 aliphatic heterocycles. The summed E-state index contributed by atoms with van der Waals surface area (Å²) in [6.07, 6.45) is 2.18. The van der Waals surface area contributed by atoms with Gasteiger partial charge in [0.25, 0.3) is 0 Å². The van der Waals surface area contributed by atoms with Crippen LogP contribution >= 0.6 is 11.3 Å². The second kappa shape index (κ2) is 6.37. The van der Waals surface area contributed by atoms with Gasteiger partial charge in [-0.15, -0.1) is 11.3 Å². The van der Waals surface area contributed by atoms with Gasteiger partial charge in [0.2, 0.25) is 0 Å². The fourth-order valence-electron chi connectivity index (χ4n) is 3.59. The van der Waals surface area contributed by atoms with Crippen LogP contribution in [0.15, 0.2) is 53.0 Å². The molecule has 1 aromatic carbocycles. The van der Waals surface area contributed by atoms with Crippen LogP contribution in [-0.2, 0) is 4.79 Å². The molecule has 1 atom stereocenters. The Bertz CT molecular complexity index is 857. The van der Waals surface area contributed by atoms with Crippen molar-refractivity contribution in [2.75, 3.05) is 17.3 Å². The first-order chi connectivity index (χ1) is 12.2. The Balaban J connectivity index is 1.99. The van der Waals surface area contributed by atoms with Gasteiger partial charge in [-0.2, -0.15) is 0 Å². The van der Waals surface area contributed by atoms with Crippen LogP contribution < -0.4 is 15.5 Å². The number of fused-ring (bicyclic) bond motifs is 1. The molecular formula is C19H19N3O2S. The molecule has 2 aliphatic rings. The summed E-state index contributed by atoms with van der Waals surface area (Å²) in [6, 6.07) is 11.0. The Labute approximate surface area is 150 Å². The molecule has 0 spiro atoms. The predicted octanol–water partition coefficient (Wildman–Crippen LogP) is 4.07. The molecule has 5 nitrogen and oxygen atoms in total. The molecular weight excluding hydrogens is 334 g/mol. The van der Waals surface area contributed by atoms with Gasteiger partial charge in [-0.05, 0) is 36.4 Å². The number of anilines is 2. The molecule has 0 saturated carbocycles. The Morgan fingerprint density at radius 2 is 2.08 bits per heavy atom. The minimum atomic E-state index is -0.404. The maximum absolute atomic E-state index is 12.8. The van der Waals surface area contributed by atoms with Crippen molar-refractivity contribution in [2.24, 2.45) is 0 Å². The van der Waals surface area contributed by atoms with Crippen LogP contribution in [0.1, 0.15) is 30.2 Å². The second-order valence-electron chi connectivity index (χ2n) is 6.15. The third kappa shape index (κ3) is 2.62. The minimum Gasteiger partial charge on any atom is -0.357 e. The highest BCUT2D eigenvalue weighted by atomic mass is 32.1. The van der Waals surface area contributed by atoms with Crippen molar-refractivity contribution >= 4 is 34.5 Å². The van der Waals surface area contributed by atoms with Crippen LogP contribution in [0.5, 0.6) is 0 Å². The lowest BCUT2D eigenvalue weighted by Gasteiger charge is -2.32. The number of carbonyl (C=O) groups is 2. The number of allylic oxidation sites excluding steroid dienone is 1. The summed E-state index contributed by atoms with van der Waals surface area (Å²) in [6.45, 7) is 0. The molecule has 25 heavy (non-hydrogen) atoms. The van der Waals surface area contributed by atoms with Gasteiger partial charge >= 0.3 is 6.03 Å². The van der Waals surface area contributed by atoms with E-state index >= 15 is 0 Å². The van der Waals surface area contributed by atoms with Gasteiger partial charge in [0.05, 0.1) is 11.4 Å². The van der Waals surface area contributed by atoms with Crippen molar-refractivity contribution in [3.63, 3.8) is 0 Å². The van der Waals surface area contributed by atoms with Crippen LogP contribution in [-0.4, -0.2) is 18.9 Å². The van der Waals surface area contributed by atoms with E-state index in [4.69, 9.17) is 0 Å². The van der Waals surface area contributed by atoms with Crippen molar-refractivity contribution < 1.29 is 9.59 Å². The first kappa shape index (κ1) is 15.9. The zero-order chi connectivity index (χ0) is 17.4. The highest BCUT2D eigenvalue weighted by molar-refractivity contribution is 7.10. The molecule has 2 amide bonds. The van der Waals surface area contributed by atoms with Crippen LogP contribution in [0.2, 0.25) is 0 Å². The second-order valence-corrected chi connectivity index (χ2v) is 7.13. The molecule has 6 heteroatoms. The minimum absolute atomic E-state index is 0.119. The van der Waals surface area contributed by atoms with Crippen molar-refractivity contribution in [3.05, 3.63) is 57.9 Å². The van der Waals surface area contributed by atoms with Gasteiger partial charge in [-0.1, -0.05) is 18.2 Å². The quantitative estimate of drug-likeness (QED) is 0.812. The number of Topliss-reactive ketones (excluding diaryl/α,β-unsaturated/α-hetero) is 1. The summed E-state index contributed by atoms with van der Waals surface area (Å²) in [5, 5.41) is 8.15. The standard InChI is InChI=1S/C19H19N3O2S/c1-20-19(24)22-14-8-3-2-6-12(14)21-13-7-4-9-15(23)17(13)18(22)16-10-5-11-25-16/h2-3,5-6,8,10-11,18,21H,4,7,9H2,1H3,(H,20,24)/t18-/m1/s1. The van der Waals surface area contributed by atoms with Crippen molar-refractivity contribution in [1.82, 2.24) is 5.32 Å². The maximum atomic E-state index is 12.8. The highest BCUT2D eigenvalue weighted by Crippen LogP contribution is 2.45. The predicted molar refractivity (Wildman–Crippen MR) is 99.9 cm³/mol. The van der Waals surface area contributed by atoms with Gasteiger partial charge in [-0.3, -0.25) is 9.69 Å². The topological polar surface area (TPSA) is 61.4 Å². The molecule has 0 bridgehead atoms. The van der Waals surface area contributed by atoms with E-state index in [0.717, 1.165) is 34.8 Å². The molecule has 4 rings (SSSR count). The number of thiophene rings is 1. The van der Waals surface area contributed by atoms with E-state index in [0.29, 0.717) is 12.0 Å². The largest absolute Gasteiger partial charge is 0.357 e. The van der Waals surface area contributed by atoms with Crippen LogP contribution in [0.25, 0.3) is 0 Å². The molecule has 1 aromatic heterocycles. The molecule has 0 radical (unpaired) electrons. The third-order valence-corrected chi connectivity index (χ3v) is 5.61. The Morgan fingerprint density at radius 1 is 1.24 bits per heavy atom. The van der Waals surface area contributed by atoms with Gasteiger partial charge in [-0.25, -0.2) is 4.79 Å². The lowest BCUT2D eigenvalue weighted by Crippen LogP contribution is -2.42. The maximum Gasteiger partial charge on any atom is 0.322 e. The molecule has 0 unspecified atom stereocenters. The lowest BCUT2D eigenvalue weighted by atomic mass is 9.88. The summed E-state index contributed by atoms with van der Waals surface area (Å²) in [7, 11) is 1.62. The van der Waals surface area contributed by atoms with Gasteiger partial charge < -0.3 is 10.6 Å². The molecule has 0 fully saturated rings. The van der Waals surface area contributed by atoms with Gasteiger partial charge in [0.1, 0.15) is 6.04 Å². The van der Waals surface area contributed by atoms with E-state index in [1.54, 1.807) is 23.3 Å². The average Bonchev–Trinajstić information content (AvgIpc) is 3.10. The summed E-state index contributed by atoms with van der Waals surface area (Å²) in [4.78, 5) is 28.4. The fourth-order valence-corrected chi connectivity index (χ4v) is 4.42. The molecule has 2 heterocycles. The van der Waals surface area contributed by atoms with Crippen LogP contribution in [0, 0.1) is 0 Å². The van der Waals surface area contributed by atoms with E-state index in [1.807, 2.05) is 41.8 Å². The number of carbonyl (C=O) groups excluding carboxylic acids is 2. The van der Waals surface area contributed by atoms with Gasteiger partial charge in [0, 0.05) is 29.6 Å². The lowest BCUT2D eigenvalue weighted by molar-refractivity contribution is -0.116. The molecule has 2 N–H and O–H groups in total. The summed E-state index contributed by atoms with van der Waals surface area (Å²) < 4.78 is 0. The number of hydrogen-bond donors (Lipinski definition) is 2. The normalized spacial score (nSPS) is 19.6. The Hall–Kier alpha value is -2.60. The summed E-state index contributed by atoms with van der Waals surface area (Å²) in [5.74, 6) is 0.119. The zero-order valence-corrected chi connectivity index (χ0v) is 14.7. The number of ketones is 1. The van der Waals surface area contributed by atoms with E-state index < -0.39 is 6.04 Å². The Kier molecular flexibility index (Phi) is 4.05. The third-order valence-electron chi connectivity index (χ3n) is 4.68. The van der Waals surface area contributed by atoms with Crippen molar-refractivity contribution in [1.29, 1.82) is 0 Å². The van der Waals surface area contributed by atoms with Crippen LogP contribution in [0.3, 0.4) is 0 Å². The van der Waals surface area contributed by atoms with E-state index in [1.165, 1.54) is 0 Å². The molecule has 128 valence electrons. The first-order valence-electron chi connectivity index (χ1n) is 8.37. The molecule has 1 aliphatic carbocycles. The number of para-hydroxylation sites is 2. The van der Waals surface area contributed by atoms with Crippen LogP contribution in [0.4, 0.5) is 16.2 Å². The number of nitrogens with one attached hydrogen (secondary N) is 2. The molecule has 0 saturated heterocycles. The van der Waals surface area contributed by atoms with E-state index in [9.17, 15) is 9.59 Å². The van der Waals surface area contributed by atoms with Gasteiger partial charge in [0.15, 0.2) is 5.78 Å². The number of benzene rings is 1. The number of amides is 2. The number of hydrogen-bond acceptors (Lipinski definition) is 4. The monoisotopic (exact) mass is 353 g/mol. The molecule has 2 aromatic rings. The van der Waals surface area contributed by atoms with E-state index in [-0.39, 0.29) is 11.8 Å². The van der Waals surface area contributed by atoms with Crippen molar-refractivity contribution in [3.8, 4) is 0 Å². The number of nitrogens with zero attached hydrogens (tertiary/aromatic N) is 1. The number of urea groups is 1. The SMILES string of the molecule is CNC(=O)N1c2ccccc2NC2=C(C(=O)CCC2)[C@H]1c1cccs1. The average molecular weight is 353 g/mol. The summed E-state index contributed by atoms with van der Waals surface area (Å²) >= 11 is 1.57. The highest BCUT2D eigenvalue weighted by Gasteiger charge is 2.39. The first-order valence-corrected chi connectivity index (χ1v) is 9.25. The zero-order valence-electron chi connectivity index (χ0n) is 13.9. The van der Waals surface area contributed by atoms with E-state index in [2.05, 4.69) is 10.6 Å². The number of rotatable bonds is 1. The smallest absolute Gasteiger partial charge is 0.322 e. The van der Waals surface area contributed by atoms with Crippen molar-refractivity contribution in [2.45, 2.75) is 25.3 Å².